The Kier molecular flexibility index (Phi) is 4.34. The predicted molar refractivity (Wildman–Crippen MR) is 107 cm³/mol. The summed E-state index contributed by atoms with van der Waals surface area (Å²) in [6, 6.07) is 8.25. The number of hydrazone groups is 1. The van der Waals surface area contributed by atoms with Crippen LogP contribution in [0.1, 0.15) is 44.1 Å². The molecule has 5 rings (SSSR count). The molecule has 4 saturated carbocycles. The van der Waals surface area contributed by atoms with E-state index in [1.165, 1.54) is 42.1 Å². The highest BCUT2D eigenvalue weighted by molar-refractivity contribution is 14.1. The van der Waals surface area contributed by atoms with Crippen molar-refractivity contribution < 1.29 is 0 Å². The van der Waals surface area contributed by atoms with Gasteiger partial charge in [0.25, 0.3) is 0 Å². The van der Waals surface area contributed by atoms with E-state index in [0.717, 1.165) is 23.3 Å². The second-order valence-electron chi connectivity index (χ2n) is 7.58. The molecule has 1 aromatic carbocycles. The zero-order chi connectivity index (χ0) is 15.9. The molecule has 0 unspecified atom stereocenters. The summed E-state index contributed by atoms with van der Waals surface area (Å²) in [6.45, 7) is 0. The van der Waals surface area contributed by atoms with Gasteiger partial charge in [-0.3, -0.25) is 5.43 Å². The first-order chi connectivity index (χ1) is 11.1. The van der Waals surface area contributed by atoms with Crippen LogP contribution >= 0.6 is 34.8 Å². The molecule has 5 heteroatoms. The molecule has 23 heavy (non-hydrogen) atoms. The van der Waals surface area contributed by atoms with Crippen LogP contribution in [0.3, 0.4) is 0 Å². The molecule has 4 aliphatic rings. The zero-order valence-corrected chi connectivity index (χ0v) is 16.1. The van der Waals surface area contributed by atoms with Crippen LogP contribution in [0.15, 0.2) is 29.4 Å². The third-order valence-electron chi connectivity index (χ3n) is 5.65. The predicted octanol–water partition coefficient (Wildman–Crippen LogP) is 4.06. The minimum absolute atomic E-state index is 0.247. The Labute approximate surface area is 156 Å². The van der Waals surface area contributed by atoms with Crippen LogP contribution < -0.4 is 10.7 Å². The normalized spacial score (nSPS) is 34.7. The van der Waals surface area contributed by atoms with Crippen LogP contribution in [0.2, 0.25) is 0 Å². The van der Waals surface area contributed by atoms with Gasteiger partial charge in [0, 0.05) is 9.11 Å². The highest BCUT2D eigenvalue weighted by atomic mass is 127. The second kappa shape index (κ2) is 6.31. The Morgan fingerprint density at radius 2 is 1.83 bits per heavy atom. The quantitative estimate of drug-likeness (QED) is 0.323. The SMILES string of the molecule is S=C(N/N=C\c1cccc(I)c1)NC12CC3CC(CC(C3)C1)C2. The summed E-state index contributed by atoms with van der Waals surface area (Å²) in [5, 5.41) is 8.60. The van der Waals surface area contributed by atoms with Crippen molar-refractivity contribution in [2.45, 2.75) is 44.1 Å². The van der Waals surface area contributed by atoms with Gasteiger partial charge in [0.2, 0.25) is 0 Å². The fourth-order valence-corrected chi connectivity index (χ4v) is 6.12. The lowest BCUT2D eigenvalue weighted by Gasteiger charge is -2.57. The average molecular weight is 439 g/mol. The van der Waals surface area contributed by atoms with Gasteiger partial charge in [-0.25, -0.2) is 0 Å². The maximum atomic E-state index is 5.49. The number of nitrogens with one attached hydrogen (secondary N) is 2. The summed E-state index contributed by atoms with van der Waals surface area (Å²) in [5.41, 5.74) is 4.34. The maximum Gasteiger partial charge on any atom is 0.187 e. The molecule has 0 aliphatic heterocycles. The molecule has 0 saturated heterocycles. The number of benzene rings is 1. The first kappa shape index (κ1) is 15.8. The Bertz CT molecular complexity index is 608. The maximum absolute atomic E-state index is 5.49. The molecule has 0 atom stereocenters. The third kappa shape index (κ3) is 3.55. The van der Waals surface area contributed by atoms with Gasteiger partial charge in [-0.05, 0) is 109 Å². The van der Waals surface area contributed by atoms with E-state index in [-0.39, 0.29) is 5.54 Å². The molecule has 122 valence electrons. The van der Waals surface area contributed by atoms with Crippen molar-refractivity contribution in [2.75, 3.05) is 0 Å². The van der Waals surface area contributed by atoms with E-state index in [4.69, 9.17) is 12.2 Å². The minimum atomic E-state index is 0.247. The Hall–Kier alpha value is -0.690. The number of rotatable bonds is 3. The Morgan fingerprint density at radius 3 is 2.43 bits per heavy atom. The van der Waals surface area contributed by atoms with Crippen LogP contribution in [-0.2, 0) is 0 Å². The number of nitrogens with zero attached hydrogens (tertiary/aromatic N) is 1. The lowest BCUT2D eigenvalue weighted by atomic mass is 9.53. The van der Waals surface area contributed by atoms with E-state index in [2.05, 4.69) is 50.6 Å². The van der Waals surface area contributed by atoms with Crippen molar-refractivity contribution in [2.24, 2.45) is 22.9 Å². The van der Waals surface area contributed by atoms with E-state index in [0.29, 0.717) is 5.11 Å². The molecule has 4 aliphatic carbocycles. The summed E-state index contributed by atoms with van der Waals surface area (Å²) < 4.78 is 1.21. The molecule has 0 spiro atoms. The highest BCUT2D eigenvalue weighted by Gasteiger charge is 2.51. The number of hydrogen-bond acceptors (Lipinski definition) is 2. The fourth-order valence-electron chi connectivity index (χ4n) is 5.28. The third-order valence-corrected chi connectivity index (χ3v) is 6.51. The Morgan fingerprint density at radius 1 is 1.17 bits per heavy atom. The van der Waals surface area contributed by atoms with Crippen molar-refractivity contribution in [1.29, 1.82) is 0 Å². The molecule has 0 amide bonds. The first-order valence-corrected chi connectivity index (χ1v) is 9.96. The fraction of sp³-hybridized carbons (Fsp3) is 0.556. The van der Waals surface area contributed by atoms with Crippen LogP contribution in [0.25, 0.3) is 0 Å². The van der Waals surface area contributed by atoms with Crippen LogP contribution in [0.5, 0.6) is 0 Å². The highest BCUT2D eigenvalue weighted by Crippen LogP contribution is 2.55. The van der Waals surface area contributed by atoms with Gasteiger partial charge in [-0.15, -0.1) is 0 Å². The number of thiocarbonyl (C=S) groups is 1. The van der Waals surface area contributed by atoms with Gasteiger partial charge in [-0.2, -0.15) is 5.10 Å². The Balaban J connectivity index is 1.35. The summed E-state index contributed by atoms with van der Waals surface area (Å²) in [5.74, 6) is 2.77. The topological polar surface area (TPSA) is 36.4 Å². The van der Waals surface area contributed by atoms with E-state index in [9.17, 15) is 0 Å². The largest absolute Gasteiger partial charge is 0.356 e. The summed E-state index contributed by atoms with van der Waals surface area (Å²) in [4.78, 5) is 0. The summed E-state index contributed by atoms with van der Waals surface area (Å²) in [6.07, 6.45) is 10.1. The van der Waals surface area contributed by atoms with Crippen molar-refractivity contribution in [3.05, 3.63) is 33.4 Å². The van der Waals surface area contributed by atoms with Crippen molar-refractivity contribution in [1.82, 2.24) is 10.7 Å². The molecule has 2 N–H and O–H groups in total. The van der Waals surface area contributed by atoms with Gasteiger partial charge in [0.15, 0.2) is 5.11 Å². The number of halogens is 1. The van der Waals surface area contributed by atoms with Crippen molar-refractivity contribution in [3.8, 4) is 0 Å². The van der Waals surface area contributed by atoms with E-state index < -0.39 is 0 Å². The molecule has 0 heterocycles. The van der Waals surface area contributed by atoms with Gasteiger partial charge >= 0.3 is 0 Å². The average Bonchev–Trinajstić information content (AvgIpc) is 2.45. The van der Waals surface area contributed by atoms with Gasteiger partial charge < -0.3 is 5.32 Å². The van der Waals surface area contributed by atoms with Crippen molar-refractivity contribution >= 4 is 46.1 Å². The molecule has 0 radical (unpaired) electrons. The van der Waals surface area contributed by atoms with Crippen molar-refractivity contribution in [3.63, 3.8) is 0 Å². The van der Waals surface area contributed by atoms with Gasteiger partial charge in [0.1, 0.15) is 0 Å². The number of hydrogen-bond donors (Lipinski definition) is 2. The molecular weight excluding hydrogens is 417 g/mol. The molecule has 4 fully saturated rings. The molecular formula is C18H22IN3S. The monoisotopic (exact) mass is 439 g/mol. The lowest BCUT2D eigenvalue weighted by Crippen LogP contribution is -2.61. The molecule has 4 bridgehead atoms. The molecule has 1 aromatic rings. The van der Waals surface area contributed by atoms with Crippen LogP contribution in [0, 0.1) is 21.3 Å². The van der Waals surface area contributed by atoms with Gasteiger partial charge in [-0.1, -0.05) is 12.1 Å². The molecule has 3 nitrogen and oxygen atoms in total. The smallest absolute Gasteiger partial charge is 0.187 e. The second-order valence-corrected chi connectivity index (χ2v) is 9.23. The van der Waals surface area contributed by atoms with Crippen LogP contribution in [-0.4, -0.2) is 16.9 Å². The summed E-state index contributed by atoms with van der Waals surface area (Å²) in [7, 11) is 0. The van der Waals surface area contributed by atoms with Gasteiger partial charge in [0.05, 0.1) is 6.21 Å². The minimum Gasteiger partial charge on any atom is -0.356 e. The standard InChI is InChI=1S/C18H22IN3S/c19-16-3-1-2-12(7-16)11-20-22-17(23)21-18-8-13-4-14(9-18)6-15(5-13)10-18/h1-3,7,11,13-15H,4-6,8-10H2,(H2,21,22,23)/b20-11-. The lowest BCUT2D eigenvalue weighted by molar-refractivity contribution is -0.0101. The van der Waals surface area contributed by atoms with E-state index in [1.807, 2.05) is 18.3 Å². The molecule has 0 aromatic heterocycles. The van der Waals surface area contributed by atoms with Crippen LogP contribution in [0.4, 0.5) is 0 Å². The van der Waals surface area contributed by atoms with E-state index >= 15 is 0 Å². The first-order valence-electron chi connectivity index (χ1n) is 8.47. The van der Waals surface area contributed by atoms with E-state index in [1.54, 1.807) is 0 Å². The summed E-state index contributed by atoms with van der Waals surface area (Å²) >= 11 is 7.80. The zero-order valence-electron chi connectivity index (χ0n) is 13.1.